The standard InChI is InChI=1S/C25H30N2O2.C24H26ClNO2.C22H24ClN3O2.C20H24ClN3O/c1-4-19-14-23(11-7-20(19)15-26)29-22-9-5-18(6-10-22)13-25(28)21-8-12-24(17(2)3)27-16-21;1-16(2)18-5-7-19(8-6-18)24(27)13-17-3-10-21(11-4-17)28-22-12-9-20(15-26)23(25)14-22;1-14(2)17-12-25-22(26-13-17)21(27)9-15-3-6-18(7-4-15)28-19-8-5-16(11-24)20(23)10-19;1-13(2)19-12-23-20(24(19)3)14-4-7-16(8-5-14)25-17-9-6-15(11-22)18(21)10-17/h7-8,11-12,14,16-18,22H,4-6,9-10,13H2,1-3H3;5-9,12,14,16-17,21H,3-4,10-11,13H2,1-2H3;5,8,10,12-15,18H,3-4,6-7,9H2,1-2H3;6,9-10,12-14,16H,4-5,7-8H2,1-3H3. The number of pyridine rings is 1. The fourth-order valence-electron chi connectivity index (χ4n) is 14.8. The van der Waals surface area contributed by atoms with Crippen LogP contribution >= 0.6 is 34.8 Å². The van der Waals surface area contributed by atoms with Crippen molar-refractivity contribution in [3.8, 4) is 47.3 Å². The quantitative estimate of drug-likeness (QED) is 0.0541. The maximum Gasteiger partial charge on any atom is 0.200 e. The minimum Gasteiger partial charge on any atom is -0.490 e. The van der Waals surface area contributed by atoms with Crippen molar-refractivity contribution in [3.05, 3.63) is 222 Å². The molecule has 8 aromatic rings. The molecular weight excluding hydrogens is 1440 g/mol. The fourth-order valence-corrected chi connectivity index (χ4v) is 15.4. The maximum absolute atomic E-state index is 12.6. The first-order chi connectivity index (χ1) is 52.9. The van der Waals surface area contributed by atoms with Gasteiger partial charge in [-0.25, -0.2) is 15.0 Å². The molecule has 3 aromatic heterocycles. The number of halogens is 3. The van der Waals surface area contributed by atoms with Gasteiger partial charge < -0.3 is 23.5 Å². The number of nitriles is 4. The number of imidazole rings is 1. The lowest BCUT2D eigenvalue weighted by atomic mass is 9.83. The van der Waals surface area contributed by atoms with Crippen molar-refractivity contribution >= 4 is 52.2 Å². The molecule has 19 heteroatoms. The second-order valence-corrected chi connectivity index (χ2v) is 32.2. The number of carbonyl (C=O) groups excluding carboxylic acids is 3. The number of nitrogens with zero attached hydrogens (tertiary/aromatic N) is 9. The van der Waals surface area contributed by atoms with Crippen LogP contribution in [0.4, 0.5) is 0 Å². The average Bonchev–Trinajstić information content (AvgIpc) is 1.67. The molecule has 4 aliphatic rings. The van der Waals surface area contributed by atoms with Crippen molar-refractivity contribution in [2.45, 2.75) is 245 Å². The number of ether oxygens (including phenoxy) is 4. The van der Waals surface area contributed by atoms with E-state index in [2.05, 4.69) is 117 Å². The summed E-state index contributed by atoms with van der Waals surface area (Å²) >= 11 is 18.2. The van der Waals surface area contributed by atoms with Crippen molar-refractivity contribution in [1.82, 2.24) is 24.5 Å². The molecule has 0 amide bonds. The summed E-state index contributed by atoms with van der Waals surface area (Å²) in [6, 6.07) is 41.6. The summed E-state index contributed by atoms with van der Waals surface area (Å²) in [6.45, 7) is 19.1. The molecule has 5 aromatic carbocycles. The molecule has 576 valence electrons. The van der Waals surface area contributed by atoms with Crippen LogP contribution < -0.4 is 18.9 Å². The highest BCUT2D eigenvalue weighted by Gasteiger charge is 2.31. The second-order valence-electron chi connectivity index (χ2n) is 31.0. The number of aryl methyl sites for hydroxylation is 1. The Morgan fingerprint density at radius 3 is 1.15 bits per heavy atom. The molecule has 4 saturated carbocycles. The highest BCUT2D eigenvalue weighted by Crippen LogP contribution is 2.39. The van der Waals surface area contributed by atoms with Crippen LogP contribution in [0.15, 0.2) is 134 Å². The zero-order valence-corrected chi connectivity index (χ0v) is 67.6. The van der Waals surface area contributed by atoms with Gasteiger partial charge in [-0.3, -0.25) is 19.4 Å². The van der Waals surface area contributed by atoms with E-state index in [1.54, 1.807) is 67.1 Å². The van der Waals surface area contributed by atoms with E-state index >= 15 is 0 Å². The monoisotopic (exact) mass is 1540 g/mol. The van der Waals surface area contributed by atoms with E-state index in [4.69, 9.17) is 74.8 Å². The molecule has 0 spiro atoms. The molecule has 16 nitrogen and oxygen atoms in total. The smallest absolute Gasteiger partial charge is 0.200 e. The molecule has 4 fully saturated rings. The molecular formula is C91H104Cl3N9O7. The van der Waals surface area contributed by atoms with Crippen LogP contribution in [0.2, 0.25) is 15.1 Å². The molecule has 0 radical (unpaired) electrons. The molecule has 0 bridgehead atoms. The molecule has 0 unspecified atom stereocenters. The van der Waals surface area contributed by atoms with Crippen LogP contribution in [0, 0.1) is 63.1 Å². The van der Waals surface area contributed by atoms with Crippen LogP contribution in [-0.2, 0) is 13.5 Å². The van der Waals surface area contributed by atoms with Gasteiger partial charge in [0.15, 0.2) is 23.2 Å². The molecule has 0 N–H and O–H groups in total. The highest BCUT2D eigenvalue weighted by atomic mass is 35.5. The van der Waals surface area contributed by atoms with E-state index in [0.717, 1.165) is 154 Å². The molecule has 0 aliphatic heterocycles. The number of Topliss-reactive ketones (excluding diaryl/α,β-unsaturated/α-hetero) is 3. The Kier molecular flexibility index (Phi) is 32.0. The van der Waals surface area contributed by atoms with E-state index in [-0.39, 0.29) is 41.8 Å². The van der Waals surface area contributed by atoms with Crippen LogP contribution in [-0.4, -0.2) is 66.3 Å². The number of benzene rings is 5. The molecule has 110 heavy (non-hydrogen) atoms. The number of hydrogen-bond donors (Lipinski definition) is 0. The van der Waals surface area contributed by atoms with E-state index < -0.39 is 0 Å². The first-order valence-electron chi connectivity index (χ1n) is 39.2. The number of ketones is 3. The van der Waals surface area contributed by atoms with E-state index in [0.29, 0.717) is 116 Å². The fraction of sp³-hybridized carbons (Fsp3) is 0.462. The molecule has 12 rings (SSSR count). The van der Waals surface area contributed by atoms with E-state index in [9.17, 15) is 14.4 Å². The minimum atomic E-state index is 0.0125. The lowest BCUT2D eigenvalue weighted by molar-refractivity contribution is 0.0889. The van der Waals surface area contributed by atoms with Gasteiger partial charge in [-0.2, -0.15) is 21.0 Å². The Morgan fingerprint density at radius 1 is 0.418 bits per heavy atom. The third-order valence-corrected chi connectivity index (χ3v) is 22.6. The summed E-state index contributed by atoms with van der Waals surface area (Å²) in [7, 11) is 2.12. The van der Waals surface area contributed by atoms with Crippen molar-refractivity contribution in [2.24, 2.45) is 24.8 Å². The third kappa shape index (κ3) is 24.5. The predicted molar refractivity (Wildman–Crippen MR) is 433 cm³/mol. The summed E-state index contributed by atoms with van der Waals surface area (Å²) in [5.74, 6) is 8.29. The topological polar surface area (TPSA) is 240 Å². The zero-order valence-electron chi connectivity index (χ0n) is 65.3. The van der Waals surface area contributed by atoms with Crippen LogP contribution in [0.25, 0.3) is 0 Å². The normalized spacial score (nSPS) is 19.5. The highest BCUT2D eigenvalue weighted by molar-refractivity contribution is 6.32. The zero-order chi connectivity index (χ0) is 79.0. The third-order valence-electron chi connectivity index (χ3n) is 21.7. The molecule has 3 heterocycles. The van der Waals surface area contributed by atoms with E-state index in [1.165, 1.54) is 17.1 Å². The van der Waals surface area contributed by atoms with Gasteiger partial charge in [0, 0.05) is 97.7 Å². The van der Waals surface area contributed by atoms with Gasteiger partial charge >= 0.3 is 0 Å². The Labute approximate surface area is 665 Å². The first kappa shape index (κ1) is 84.6. The summed E-state index contributed by atoms with van der Waals surface area (Å²) < 4.78 is 26.5. The van der Waals surface area contributed by atoms with Gasteiger partial charge in [0.25, 0.3) is 0 Å². The lowest BCUT2D eigenvalue weighted by Gasteiger charge is -2.29. The predicted octanol–water partition coefficient (Wildman–Crippen LogP) is 22.9. The Morgan fingerprint density at radius 2 is 0.800 bits per heavy atom. The van der Waals surface area contributed by atoms with Gasteiger partial charge in [-0.1, -0.05) is 121 Å². The Balaban J connectivity index is 0.000000169. The summed E-state index contributed by atoms with van der Waals surface area (Å²) in [4.78, 5) is 55.2. The molecule has 0 saturated heterocycles. The van der Waals surface area contributed by atoms with Crippen LogP contribution in [0.3, 0.4) is 0 Å². The lowest BCUT2D eigenvalue weighted by Crippen LogP contribution is -2.25. The number of hydrogen-bond acceptors (Lipinski definition) is 15. The summed E-state index contributed by atoms with van der Waals surface area (Å²) in [6.07, 6.45) is 26.0. The van der Waals surface area contributed by atoms with Gasteiger partial charge in [-0.05, 0) is 234 Å². The summed E-state index contributed by atoms with van der Waals surface area (Å²) in [5.41, 5.74) is 9.28. The van der Waals surface area contributed by atoms with Crippen molar-refractivity contribution in [3.63, 3.8) is 0 Å². The number of aromatic nitrogens is 5. The van der Waals surface area contributed by atoms with Gasteiger partial charge in [0.05, 0.1) is 67.8 Å². The molecule has 0 atom stereocenters. The largest absolute Gasteiger partial charge is 0.490 e. The number of carbonyl (C=O) groups is 3. The van der Waals surface area contributed by atoms with Gasteiger partial charge in [-0.15, -0.1) is 0 Å². The summed E-state index contributed by atoms with van der Waals surface area (Å²) in [5, 5.41) is 37.3. The van der Waals surface area contributed by atoms with Gasteiger partial charge in [0.1, 0.15) is 47.0 Å². The molecule has 4 aliphatic carbocycles. The van der Waals surface area contributed by atoms with Crippen LogP contribution in [0.5, 0.6) is 23.0 Å². The van der Waals surface area contributed by atoms with Crippen LogP contribution in [0.1, 0.15) is 301 Å². The minimum absolute atomic E-state index is 0.0125. The first-order valence-corrected chi connectivity index (χ1v) is 40.3. The Hall–Kier alpha value is -9.42. The van der Waals surface area contributed by atoms with Crippen molar-refractivity contribution < 1.29 is 33.3 Å². The van der Waals surface area contributed by atoms with Crippen molar-refractivity contribution in [2.75, 3.05) is 0 Å². The van der Waals surface area contributed by atoms with E-state index in [1.807, 2.05) is 67.7 Å². The SMILES string of the molecule is CC(C)c1ccc(C(=O)CC2CCC(Oc3ccc(C#N)c(Cl)c3)CC2)cc1.CC(C)c1cnc(C(=O)CC2CCC(Oc3ccc(C#N)c(Cl)c3)CC2)nc1.CC(C)c1cnc(C2CCC(Oc3ccc(C#N)c(Cl)c3)CC2)n1C.CCc1cc(OC2CCC(CC(=O)c3ccc(C(C)C)nc3)CC2)ccc1C#N. The number of rotatable bonds is 23. The Bertz CT molecular complexity index is 4390. The maximum atomic E-state index is 12.6. The van der Waals surface area contributed by atoms with Crippen molar-refractivity contribution in [1.29, 1.82) is 21.0 Å². The van der Waals surface area contributed by atoms with Gasteiger partial charge in [0.2, 0.25) is 0 Å². The second kappa shape index (κ2) is 41.6. The average molecular weight is 1540 g/mol.